The number of nitro benzene ring substituents is 1. The number of para-hydroxylation sites is 1. The van der Waals surface area contributed by atoms with E-state index in [0.717, 1.165) is 0 Å². The Balaban J connectivity index is 1.79. The Morgan fingerprint density at radius 1 is 1.18 bits per heavy atom. The highest BCUT2D eigenvalue weighted by molar-refractivity contribution is 5.88. The Morgan fingerprint density at radius 2 is 1.82 bits per heavy atom. The van der Waals surface area contributed by atoms with Crippen LogP contribution in [0.3, 0.4) is 0 Å². The third-order valence-corrected chi connectivity index (χ3v) is 4.21. The first kappa shape index (κ1) is 21.4. The fraction of sp³-hybridized carbons (Fsp3) is 0.500. The summed E-state index contributed by atoms with van der Waals surface area (Å²) in [6.45, 7) is 5.42. The number of carbonyl (C=O) groups is 2. The van der Waals surface area contributed by atoms with E-state index < -0.39 is 22.6 Å². The van der Waals surface area contributed by atoms with Crippen molar-refractivity contribution in [3.63, 3.8) is 0 Å². The van der Waals surface area contributed by atoms with Gasteiger partial charge < -0.3 is 14.8 Å². The Kier molecular flexibility index (Phi) is 7.14. The number of amides is 1. The third-order valence-electron chi connectivity index (χ3n) is 4.21. The number of alkyl carbamates (subject to hydrolysis) is 1. The zero-order valence-corrected chi connectivity index (χ0v) is 16.3. The van der Waals surface area contributed by atoms with Gasteiger partial charge in [0.25, 0.3) is 5.69 Å². The summed E-state index contributed by atoms with van der Waals surface area (Å²) in [5.41, 5.74) is -0.272. The Labute approximate surface area is 164 Å². The second-order valence-corrected chi connectivity index (χ2v) is 7.71. The van der Waals surface area contributed by atoms with Gasteiger partial charge in [-0.25, -0.2) is 9.59 Å². The molecule has 1 amide bonds. The molecule has 1 saturated carbocycles. The van der Waals surface area contributed by atoms with Gasteiger partial charge in [-0.15, -0.1) is 0 Å². The quantitative estimate of drug-likeness (QED) is 0.352. The van der Waals surface area contributed by atoms with E-state index in [0.29, 0.717) is 31.2 Å². The minimum Gasteiger partial charge on any atom is -0.459 e. The maximum Gasteiger partial charge on any atom is 0.407 e. The molecule has 0 aliphatic heterocycles. The first-order valence-corrected chi connectivity index (χ1v) is 9.25. The zero-order valence-electron chi connectivity index (χ0n) is 16.3. The molecule has 2 rings (SSSR count). The van der Waals surface area contributed by atoms with Gasteiger partial charge in [-0.05, 0) is 58.6 Å². The summed E-state index contributed by atoms with van der Waals surface area (Å²) >= 11 is 0. The standard InChI is InChI=1S/C20H26N2O6/c1-20(2,3)28-19(24)21-15-9-11-16(12-10-15)27-18(23)13-8-14-6-4-5-7-17(14)22(25)26/h4-8,13,15-16H,9-12H2,1-3H3,(H,21,24)/b13-8+/t15-,16+. The molecule has 28 heavy (non-hydrogen) atoms. The number of nitrogens with one attached hydrogen (secondary N) is 1. The number of nitro groups is 1. The molecule has 152 valence electrons. The molecule has 8 nitrogen and oxygen atoms in total. The number of esters is 1. The van der Waals surface area contributed by atoms with Crippen LogP contribution in [0.2, 0.25) is 0 Å². The monoisotopic (exact) mass is 390 g/mol. The molecule has 0 radical (unpaired) electrons. The first-order valence-electron chi connectivity index (χ1n) is 9.25. The van der Waals surface area contributed by atoms with Crippen LogP contribution in [-0.2, 0) is 14.3 Å². The topological polar surface area (TPSA) is 108 Å². The molecule has 1 fully saturated rings. The highest BCUT2D eigenvalue weighted by atomic mass is 16.6. The van der Waals surface area contributed by atoms with E-state index in [4.69, 9.17) is 9.47 Å². The largest absolute Gasteiger partial charge is 0.459 e. The second-order valence-electron chi connectivity index (χ2n) is 7.71. The number of benzene rings is 1. The normalized spacial score (nSPS) is 19.8. The highest BCUT2D eigenvalue weighted by Gasteiger charge is 2.26. The van der Waals surface area contributed by atoms with Crippen molar-refractivity contribution in [3.8, 4) is 0 Å². The predicted molar refractivity (Wildman–Crippen MR) is 104 cm³/mol. The third kappa shape index (κ3) is 7.02. The van der Waals surface area contributed by atoms with Gasteiger partial charge in [-0.2, -0.15) is 0 Å². The fourth-order valence-electron chi connectivity index (χ4n) is 2.96. The Hall–Kier alpha value is -2.90. The number of hydrogen-bond acceptors (Lipinski definition) is 6. The average Bonchev–Trinajstić information content (AvgIpc) is 2.60. The molecule has 0 heterocycles. The Bertz CT molecular complexity index is 745. The van der Waals surface area contributed by atoms with Gasteiger partial charge in [0.05, 0.1) is 10.5 Å². The summed E-state index contributed by atoms with van der Waals surface area (Å²) in [7, 11) is 0. The summed E-state index contributed by atoms with van der Waals surface area (Å²) in [4.78, 5) is 34.3. The van der Waals surface area contributed by atoms with Crippen LogP contribution < -0.4 is 5.32 Å². The minimum absolute atomic E-state index is 0.00712. The summed E-state index contributed by atoms with van der Waals surface area (Å²) in [6.07, 6.45) is 4.54. The smallest absolute Gasteiger partial charge is 0.407 e. The van der Waals surface area contributed by atoms with Crippen molar-refractivity contribution in [1.82, 2.24) is 5.32 Å². The number of hydrogen-bond donors (Lipinski definition) is 1. The highest BCUT2D eigenvalue weighted by Crippen LogP contribution is 2.23. The lowest BCUT2D eigenvalue weighted by atomic mass is 9.93. The van der Waals surface area contributed by atoms with Crippen molar-refractivity contribution < 1.29 is 24.0 Å². The molecule has 1 aliphatic carbocycles. The van der Waals surface area contributed by atoms with Crippen molar-refractivity contribution in [3.05, 3.63) is 46.0 Å². The molecular weight excluding hydrogens is 364 g/mol. The van der Waals surface area contributed by atoms with Crippen molar-refractivity contribution in [2.24, 2.45) is 0 Å². The second kappa shape index (κ2) is 9.34. The molecular formula is C20H26N2O6. The molecule has 1 aromatic carbocycles. The molecule has 0 spiro atoms. The van der Waals surface area contributed by atoms with Crippen molar-refractivity contribution in [1.29, 1.82) is 0 Å². The van der Waals surface area contributed by atoms with Gasteiger partial charge in [0, 0.05) is 18.2 Å². The molecule has 0 aromatic heterocycles. The van der Waals surface area contributed by atoms with E-state index in [1.807, 2.05) is 0 Å². The fourth-order valence-corrected chi connectivity index (χ4v) is 2.96. The Morgan fingerprint density at radius 3 is 2.43 bits per heavy atom. The van der Waals surface area contributed by atoms with E-state index >= 15 is 0 Å². The van der Waals surface area contributed by atoms with Crippen LogP contribution in [0.4, 0.5) is 10.5 Å². The summed E-state index contributed by atoms with van der Waals surface area (Å²) in [5, 5.41) is 13.8. The van der Waals surface area contributed by atoms with E-state index in [2.05, 4.69) is 5.32 Å². The van der Waals surface area contributed by atoms with Crippen molar-refractivity contribution >= 4 is 23.8 Å². The molecule has 0 saturated heterocycles. The van der Waals surface area contributed by atoms with Crippen molar-refractivity contribution in [2.75, 3.05) is 0 Å². The number of rotatable bonds is 5. The molecule has 1 aromatic rings. The molecule has 0 unspecified atom stereocenters. The molecule has 1 N–H and O–H groups in total. The molecule has 0 bridgehead atoms. The maximum atomic E-state index is 12.0. The van der Waals surface area contributed by atoms with Crippen LogP contribution in [0.5, 0.6) is 0 Å². The van der Waals surface area contributed by atoms with Gasteiger partial charge in [-0.3, -0.25) is 10.1 Å². The number of ether oxygens (including phenoxy) is 2. The van der Waals surface area contributed by atoms with E-state index in [1.54, 1.807) is 39.0 Å². The van der Waals surface area contributed by atoms with E-state index in [-0.39, 0.29) is 17.8 Å². The van der Waals surface area contributed by atoms with Crippen LogP contribution in [0.15, 0.2) is 30.3 Å². The van der Waals surface area contributed by atoms with Crippen LogP contribution >= 0.6 is 0 Å². The number of nitrogens with zero attached hydrogens (tertiary/aromatic N) is 1. The van der Waals surface area contributed by atoms with Crippen LogP contribution in [-0.4, -0.2) is 34.7 Å². The maximum absolute atomic E-state index is 12.0. The zero-order chi connectivity index (χ0) is 20.7. The average molecular weight is 390 g/mol. The van der Waals surface area contributed by atoms with Crippen molar-refractivity contribution in [2.45, 2.75) is 64.2 Å². The van der Waals surface area contributed by atoms with Crippen LogP contribution in [0, 0.1) is 10.1 Å². The summed E-state index contributed by atoms with van der Waals surface area (Å²) < 4.78 is 10.6. The lowest BCUT2D eigenvalue weighted by Gasteiger charge is -2.29. The van der Waals surface area contributed by atoms with Gasteiger partial charge >= 0.3 is 12.1 Å². The lowest BCUT2D eigenvalue weighted by Crippen LogP contribution is -2.42. The summed E-state index contributed by atoms with van der Waals surface area (Å²) in [5.74, 6) is -0.540. The van der Waals surface area contributed by atoms with Gasteiger partial charge in [0.2, 0.25) is 0 Å². The molecule has 0 atom stereocenters. The van der Waals surface area contributed by atoms with E-state index in [1.165, 1.54) is 18.2 Å². The first-order chi connectivity index (χ1) is 13.1. The lowest BCUT2D eigenvalue weighted by molar-refractivity contribution is -0.385. The van der Waals surface area contributed by atoms with Gasteiger partial charge in [0.1, 0.15) is 11.7 Å². The van der Waals surface area contributed by atoms with E-state index in [9.17, 15) is 19.7 Å². The van der Waals surface area contributed by atoms with Crippen LogP contribution in [0.1, 0.15) is 52.0 Å². The number of carbonyl (C=O) groups excluding carboxylic acids is 2. The minimum atomic E-state index is -0.545. The van der Waals surface area contributed by atoms with Crippen LogP contribution in [0.25, 0.3) is 6.08 Å². The summed E-state index contributed by atoms with van der Waals surface area (Å²) in [6, 6.07) is 6.17. The van der Waals surface area contributed by atoms with Gasteiger partial charge in [-0.1, -0.05) is 12.1 Å². The molecule has 1 aliphatic rings. The molecule has 8 heteroatoms. The predicted octanol–water partition coefficient (Wildman–Crippen LogP) is 3.99. The van der Waals surface area contributed by atoms with Gasteiger partial charge in [0.15, 0.2) is 0 Å². The SMILES string of the molecule is CC(C)(C)OC(=O)N[C@H]1CC[C@@H](OC(=O)/C=C/c2ccccc2[N+](=O)[O-])CC1.